The summed E-state index contributed by atoms with van der Waals surface area (Å²) in [6, 6.07) is 8.90. The second-order valence-electron chi connectivity index (χ2n) is 6.21. The molecule has 0 bridgehead atoms. The van der Waals surface area contributed by atoms with E-state index in [2.05, 4.69) is 20.3 Å². The van der Waals surface area contributed by atoms with Gasteiger partial charge in [-0.2, -0.15) is 0 Å². The number of aliphatic hydroxyl groups excluding tert-OH is 1. The molecule has 26 heavy (non-hydrogen) atoms. The standard InChI is InChI=1S/C18H19N5O3/c1-2-13-12(24)8-14(26-13)23-10-21-15-16(19-9-20-17(15)23)22-18(25)11-6-4-3-5-7-11/h3-7,9-10,12-14,24H,2,8H2,1H3,(H,19,20,22,25). The van der Waals surface area contributed by atoms with Gasteiger partial charge in [0.1, 0.15) is 12.6 Å². The van der Waals surface area contributed by atoms with Crippen LogP contribution in [-0.4, -0.2) is 42.7 Å². The predicted octanol–water partition coefficient (Wildman–Crippen LogP) is 2.14. The van der Waals surface area contributed by atoms with Crippen LogP contribution in [0.15, 0.2) is 43.0 Å². The highest BCUT2D eigenvalue weighted by atomic mass is 16.5. The van der Waals surface area contributed by atoms with Gasteiger partial charge in [0.25, 0.3) is 5.91 Å². The lowest BCUT2D eigenvalue weighted by Gasteiger charge is -2.14. The van der Waals surface area contributed by atoms with E-state index in [1.54, 1.807) is 35.2 Å². The summed E-state index contributed by atoms with van der Waals surface area (Å²) in [5.41, 5.74) is 1.57. The van der Waals surface area contributed by atoms with Crippen molar-refractivity contribution < 1.29 is 14.6 Å². The fourth-order valence-corrected chi connectivity index (χ4v) is 3.18. The van der Waals surface area contributed by atoms with Crippen molar-refractivity contribution in [3.8, 4) is 0 Å². The first-order chi connectivity index (χ1) is 12.7. The lowest BCUT2D eigenvalue weighted by Crippen LogP contribution is -2.19. The summed E-state index contributed by atoms with van der Waals surface area (Å²) >= 11 is 0. The fourth-order valence-electron chi connectivity index (χ4n) is 3.18. The molecular formula is C18H19N5O3. The molecule has 3 aromatic rings. The van der Waals surface area contributed by atoms with Crippen LogP contribution in [0.25, 0.3) is 11.2 Å². The Kier molecular flexibility index (Phi) is 4.36. The van der Waals surface area contributed by atoms with E-state index in [0.717, 1.165) is 6.42 Å². The van der Waals surface area contributed by atoms with Crippen LogP contribution in [0.5, 0.6) is 0 Å². The summed E-state index contributed by atoms with van der Waals surface area (Å²) in [6.07, 6.45) is 3.14. The number of rotatable bonds is 4. The third-order valence-electron chi connectivity index (χ3n) is 4.54. The SMILES string of the molecule is CCC1OC(n2cnc3c(NC(=O)c4ccccc4)ncnc32)CC1O. The Hall–Kier alpha value is -2.84. The minimum Gasteiger partial charge on any atom is -0.390 e. The normalized spacial score (nSPS) is 22.6. The first-order valence-corrected chi connectivity index (χ1v) is 8.55. The summed E-state index contributed by atoms with van der Waals surface area (Å²) in [5, 5.41) is 12.9. The third kappa shape index (κ3) is 2.93. The molecular weight excluding hydrogens is 334 g/mol. The Morgan fingerprint density at radius 1 is 1.31 bits per heavy atom. The molecule has 3 unspecified atom stereocenters. The Balaban J connectivity index is 1.63. The number of anilines is 1. The number of aliphatic hydroxyl groups is 1. The molecule has 3 heterocycles. The van der Waals surface area contributed by atoms with E-state index < -0.39 is 6.10 Å². The highest BCUT2D eigenvalue weighted by molar-refractivity contribution is 6.06. The molecule has 8 nitrogen and oxygen atoms in total. The Bertz CT molecular complexity index is 927. The van der Waals surface area contributed by atoms with Gasteiger partial charge in [-0.15, -0.1) is 0 Å². The summed E-state index contributed by atoms with van der Waals surface area (Å²) < 4.78 is 7.66. The molecule has 134 valence electrons. The average Bonchev–Trinajstić information content (AvgIpc) is 3.26. The predicted molar refractivity (Wildman–Crippen MR) is 94.5 cm³/mol. The zero-order chi connectivity index (χ0) is 18.1. The van der Waals surface area contributed by atoms with E-state index in [4.69, 9.17) is 4.74 Å². The number of aromatic nitrogens is 4. The Morgan fingerprint density at radius 2 is 2.12 bits per heavy atom. The molecule has 1 aromatic carbocycles. The number of hydrogen-bond donors (Lipinski definition) is 2. The quantitative estimate of drug-likeness (QED) is 0.745. The van der Waals surface area contributed by atoms with Crippen molar-refractivity contribution in [3.63, 3.8) is 0 Å². The van der Waals surface area contributed by atoms with Crippen LogP contribution in [0.1, 0.15) is 36.4 Å². The number of carbonyl (C=O) groups excluding carboxylic acids is 1. The summed E-state index contributed by atoms with van der Waals surface area (Å²) in [7, 11) is 0. The van der Waals surface area contributed by atoms with Crippen molar-refractivity contribution >= 4 is 22.9 Å². The van der Waals surface area contributed by atoms with Gasteiger partial charge in [0.05, 0.1) is 18.5 Å². The van der Waals surface area contributed by atoms with Gasteiger partial charge in [-0.05, 0) is 18.6 Å². The molecule has 1 aliphatic heterocycles. The zero-order valence-corrected chi connectivity index (χ0v) is 14.2. The average molecular weight is 353 g/mol. The van der Waals surface area contributed by atoms with Gasteiger partial charge >= 0.3 is 0 Å². The third-order valence-corrected chi connectivity index (χ3v) is 4.54. The van der Waals surface area contributed by atoms with Crippen LogP contribution < -0.4 is 5.32 Å². The van der Waals surface area contributed by atoms with E-state index >= 15 is 0 Å². The summed E-state index contributed by atoms with van der Waals surface area (Å²) in [5.74, 6) is 0.0759. The van der Waals surface area contributed by atoms with Crippen molar-refractivity contribution in [2.24, 2.45) is 0 Å². The van der Waals surface area contributed by atoms with Crippen molar-refractivity contribution in [2.75, 3.05) is 5.32 Å². The number of nitrogens with one attached hydrogen (secondary N) is 1. The van der Waals surface area contributed by atoms with Gasteiger partial charge in [0, 0.05) is 12.0 Å². The topological polar surface area (TPSA) is 102 Å². The number of nitrogens with zero attached hydrogens (tertiary/aromatic N) is 4. The van der Waals surface area contributed by atoms with Gasteiger partial charge in [-0.1, -0.05) is 25.1 Å². The van der Waals surface area contributed by atoms with Crippen LogP contribution in [0.2, 0.25) is 0 Å². The van der Waals surface area contributed by atoms with Gasteiger partial charge < -0.3 is 15.2 Å². The number of ether oxygens (including phenoxy) is 1. The minimum atomic E-state index is -0.512. The maximum absolute atomic E-state index is 12.4. The highest BCUT2D eigenvalue weighted by Crippen LogP contribution is 2.32. The molecule has 2 aromatic heterocycles. The number of imidazole rings is 1. The Labute approximate surface area is 149 Å². The molecule has 1 fully saturated rings. The van der Waals surface area contributed by atoms with Crippen LogP contribution in [0.4, 0.5) is 5.82 Å². The van der Waals surface area contributed by atoms with Gasteiger partial charge in [0.2, 0.25) is 0 Å². The largest absolute Gasteiger partial charge is 0.390 e. The van der Waals surface area contributed by atoms with Crippen molar-refractivity contribution in [1.82, 2.24) is 19.5 Å². The van der Waals surface area contributed by atoms with Crippen LogP contribution in [0, 0.1) is 0 Å². The number of fused-ring (bicyclic) bond motifs is 1. The molecule has 0 radical (unpaired) electrons. The van der Waals surface area contributed by atoms with E-state index in [1.165, 1.54) is 6.33 Å². The van der Waals surface area contributed by atoms with Crippen molar-refractivity contribution in [3.05, 3.63) is 48.5 Å². The van der Waals surface area contributed by atoms with E-state index in [0.29, 0.717) is 29.0 Å². The van der Waals surface area contributed by atoms with E-state index in [9.17, 15) is 9.90 Å². The molecule has 4 rings (SSSR count). The highest BCUT2D eigenvalue weighted by Gasteiger charge is 2.34. The van der Waals surface area contributed by atoms with E-state index in [1.807, 2.05) is 13.0 Å². The lowest BCUT2D eigenvalue weighted by atomic mass is 10.1. The van der Waals surface area contributed by atoms with Crippen LogP contribution in [-0.2, 0) is 4.74 Å². The van der Waals surface area contributed by atoms with Crippen LogP contribution in [0.3, 0.4) is 0 Å². The maximum Gasteiger partial charge on any atom is 0.256 e. The smallest absolute Gasteiger partial charge is 0.256 e. The first-order valence-electron chi connectivity index (χ1n) is 8.55. The minimum absolute atomic E-state index is 0.198. The molecule has 8 heteroatoms. The molecule has 0 aliphatic carbocycles. The van der Waals surface area contributed by atoms with E-state index in [-0.39, 0.29) is 18.2 Å². The monoisotopic (exact) mass is 353 g/mol. The molecule has 0 saturated carbocycles. The molecule has 1 saturated heterocycles. The summed E-state index contributed by atoms with van der Waals surface area (Å²) in [4.78, 5) is 25.2. The number of hydrogen-bond acceptors (Lipinski definition) is 6. The van der Waals surface area contributed by atoms with Crippen LogP contribution >= 0.6 is 0 Å². The number of carbonyl (C=O) groups is 1. The number of amides is 1. The lowest BCUT2D eigenvalue weighted by molar-refractivity contribution is -0.0183. The fraction of sp³-hybridized carbons (Fsp3) is 0.333. The zero-order valence-electron chi connectivity index (χ0n) is 14.2. The molecule has 2 N–H and O–H groups in total. The second-order valence-corrected chi connectivity index (χ2v) is 6.21. The van der Waals surface area contributed by atoms with Gasteiger partial charge in [-0.3, -0.25) is 9.36 Å². The first kappa shape index (κ1) is 16.6. The Morgan fingerprint density at radius 3 is 2.85 bits per heavy atom. The van der Waals surface area contributed by atoms with Crippen molar-refractivity contribution in [2.45, 2.75) is 38.2 Å². The number of benzene rings is 1. The maximum atomic E-state index is 12.4. The molecule has 1 aliphatic rings. The second kappa shape index (κ2) is 6.81. The molecule has 3 atom stereocenters. The van der Waals surface area contributed by atoms with Gasteiger partial charge in [0.15, 0.2) is 17.0 Å². The molecule has 1 amide bonds. The molecule has 0 spiro atoms. The summed E-state index contributed by atoms with van der Waals surface area (Å²) in [6.45, 7) is 1.97. The van der Waals surface area contributed by atoms with Crippen molar-refractivity contribution in [1.29, 1.82) is 0 Å². The van der Waals surface area contributed by atoms with Gasteiger partial charge in [-0.25, -0.2) is 15.0 Å².